The molecule has 3 nitrogen and oxygen atoms in total. The SMILES string of the molecule is C=CCC[C@@H]1CCc2c1ccnc2C(=O)OCC. The van der Waals surface area contributed by atoms with Crippen LogP contribution in [0.1, 0.15) is 53.7 Å². The summed E-state index contributed by atoms with van der Waals surface area (Å²) in [6, 6.07) is 2.04. The maximum absolute atomic E-state index is 11.8. The van der Waals surface area contributed by atoms with E-state index < -0.39 is 0 Å². The molecular weight excluding hydrogens is 226 g/mol. The molecule has 0 fully saturated rings. The minimum absolute atomic E-state index is 0.293. The van der Waals surface area contributed by atoms with Crippen LogP contribution in [-0.4, -0.2) is 17.6 Å². The third-order valence-electron chi connectivity index (χ3n) is 3.46. The molecule has 1 atom stereocenters. The van der Waals surface area contributed by atoms with E-state index in [9.17, 15) is 4.79 Å². The van der Waals surface area contributed by atoms with Gasteiger partial charge in [-0.2, -0.15) is 0 Å². The van der Waals surface area contributed by atoms with Crippen molar-refractivity contribution in [2.75, 3.05) is 6.61 Å². The van der Waals surface area contributed by atoms with E-state index in [1.807, 2.05) is 19.1 Å². The number of nitrogens with zero attached hydrogens (tertiary/aromatic N) is 1. The summed E-state index contributed by atoms with van der Waals surface area (Å²) in [4.78, 5) is 16.0. The highest BCUT2D eigenvalue weighted by Gasteiger charge is 2.27. The minimum atomic E-state index is -0.293. The number of hydrogen-bond acceptors (Lipinski definition) is 3. The monoisotopic (exact) mass is 245 g/mol. The van der Waals surface area contributed by atoms with E-state index in [1.54, 1.807) is 6.20 Å². The Morgan fingerprint density at radius 3 is 3.22 bits per heavy atom. The average Bonchev–Trinajstić information content (AvgIpc) is 2.79. The van der Waals surface area contributed by atoms with Crippen LogP contribution in [0.3, 0.4) is 0 Å². The Kier molecular flexibility index (Phi) is 4.13. The first kappa shape index (κ1) is 12.8. The zero-order valence-corrected chi connectivity index (χ0v) is 10.8. The number of ether oxygens (including phenoxy) is 1. The van der Waals surface area contributed by atoms with Crippen molar-refractivity contribution in [2.45, 2.75) is 38.5 Å². The average molecular weight is 245 g/mol. The molecule has 1 heterocycles. The maximum Gasteiger partial charge on any atom is 0.357 e. The summed E-state index contributed by atoms with van der Waals surface area (Å²) in [6.07, 6.45) is 7.81. The Balaban J connectivity index is 2.24. The van der Waals surface area contributed by atoms with Gasteiger partial charge in [0, 0.05) is 6.20 Å². The van der Waals surface area contributed by atoms with Gasteiger partial charge in [-0.15, -0.1) is 6.58 Å². The molecule has 3 heteroatoms. The van der Waals surface area contributed by atoms with Crippen molar-refractivity contribution in [2.24, 2.45) is 0 Å². The Morgan fingerprint density at radius 2 is 2.50 bits per heavy atom. The third-order valence-corrected chi connectivity index (χ3v) is 3.46. The molecular formula is C15H19NO2. The number of esters is 1. The molecule has 1 aromatic rings. The lowest BCUT2D eigenvalue weighted by Gasteiger charge is -2.11. The molecule has 0 N–H and O–H groups in total. The molecule has 0 spiro atoms. The lowest BCUT2D eigenvalue weighted by Crippen LogP contribution is -2.10. The van der Waals surface area contributed by atoms with E-state index in [0.29, 0.717) is 18.2 Å². The van der Waals surface area contributed by atoms with Gasteiger partial charge in [0.2, 0.25) is 0 Å². The second kappa shape index (κ2) is 5.80. The van der Waals surface area contributed by atoms with Gasteiger partial charge >= 0.3 is 5.97 Å². The highest BCUT2D eigenvalue weighted by molar-refractivity contribution is 5.89. The largest absolute Gasteiger partial charge is 0.461 e. The predicted molar refractivity (Wildman–Crippen MR) is 70.7 cm³/mol. The van der Waals surface area contributed by atoms with Crippen LogP contribution in [0.2, 0.25) is 0 Å². The van der Waals surface area contributed by atoms with Crippen LogP contribution in [-0.2, 0) is 11.2 Å². The number of rotatable bonds is 5. The number of aromatic nitrogens is 1. The molecule has 0 bridgehead atoms. The van der Waals surface area contributed by atoms with Crippen LogP contribution >= 0.6 is 0 Å². The lowest BCUT2D eigenvalue weighted by molar-refractivity contribution is 0.0518. The second-order valence-electron chi connectivity index (χ2n) is 4.55. The second-order valence-corrected chi connectivity index (χ2v) is 4.55. The zero-order chi connectivity index (χ0) is 13.0. The summed E-state index contributed by atoms with van der Waals surface area (Å²) in [5.41, 5.74) is 2.87. The maximum atomic E-state index is 11.8. The van der Waals surface area contributed by atoms with Gasteiger partial charge in [-0.25, -0.2) is 9.78 Å². The molecule has 1 aliphatic carbocycles. The van der Waals surface area contributed by atoms with Crippen LogP contribution in [0.4, 0.5) is 0 Å². The van der Waals surface area contributed by atoms with Gasteiger partial charge in [0.1, 0.15) is 0 Å². The lowest BCUT2D eigenvalue weighted by atomic mass is 9.96. The molecule has 0 radical (unpaired) electrons. The highest BCUT2D eigenvalue weighted by Crippen LogP contribution is 2.37. The summed E-state index contributed by atoms with van der Waals surface area (Å²) >= 11 is 0. The van der Waals surface area contributed by atoms with Crippen LogP contribution in [0.5, 0.6) is 0 Å². The Hall–Kier alpha value is -1.64. The summed E-state index contributed by atoms with van der Waals surface area (Å²) in [7, 11) is 0. The van der Waals surface area contributed by atoms with Gasteiger partial charge in [0.15, 0.2) is 5.69 Å². The normalized spacial score (nSPS) is 17.3. The molecule has 0 aromatic carbocycles. The van der Waals surface area contributed by atoms with Crippen molar-refractivity contribution < 1.29 is 9.53 Å². The zero-order valence-electron chi connectivity index (χ0n) is 10.8. The molecule has 0 unspecified atom stereocenters. The Morgan fingerprint density at radius 1 is 1.67 bits per heavy atom. The van der Waals surface area contributed by atoms with Crippen LogP contribution in [0.15, 0.2) is 24.9 Å². The van der Waals surface area contributed by atoms with Crippen molar-refractivity contribution in [3.8, 4) is 0 Å². The highest BCUT2D eigenvalue weighted by atomic mass is 16.5. The quantitative estimate of drug-likeness (QED) is 0.590. The van der Waals surface area contributed by atoms with Gasteiger partial charge in [0.05, 0.1) is 6.61 Å². The van der Waals surface area contributed by atoms with Crippen molar-refractivity contribution in [1.82, 2.24) is 4.98 Å². The van der Waals surface area contributed by atoms with E-state index >= 15 is 0 Å². The number of carbonyl (C=O) groups is 1. The van der Waals surface area contributed by atoms with Crippen molar-refractivity contribution in [1.29, 1.82) is 0 Å². The summed E-state index contributed by atoms with van der Waals surface area (Å²) in [5, 5.41) is 0. The molecule has 18 heavy (non-hydrogen) atoms. The number of pyridine rings is 1. The Bertz CT molecular complexity index is 454. The van der Waals surface area contributed by atoms with Gasteiger partial charge in [-0.3, -0.25) is 0 Å². The van der Waals surface area contributed by atoms with Gasteiger partial charge in [-0.05, 0) is 55.7 Å². The summed E-state index contributed by atoms with van der Waals surface area (Å²) in [5.74, 6) is 0.243. The fourth-order valence-electron chi connectivity index (χ4n) is 2.62. The topological polar surface area (TPSA) is 39.2 Å². The van der Waals surface area contributed by atoms with E-state index in [1.165, 1.54) is 5.56 Å². The fourth-order valence-corrected chi connectivity index (χ4v) is 2.62. The van der Waals surface area contributed by atoms with Crippen LogP contribution < -0.4 is 0 Å². The van der Waals surface area contributed by atoms with E-state index in [0.717, 1.165) is 31.2 Å². The van der Waals surface area contributed by atoms with E-state index in [4.69, 9.17) is 4.74 Å². The van der Waals surface area contributed by atoms with Crippen LogP contribution in [0, 0.1) is 0 Å². The van der Waals surface area contributed by atoms with E-state index in [-0.39, 0.29) is 5.97 Å². The fraction of sp³-hybridized carbons (Fsp3) is 0.467. The number of fused-ring (bicyclic) bond motifs is 1. The molecule has 1 aromatic heterocycles. The number of allylic oxidation sites excluding steroid dienone is 1. The first-order valence-corrected chi connectivity index (χ1v) is 6.53. The van der Waals surface area contributed by atoms with Gasteiger partial charge in [0.25, 0.3) is 0 Å². The molecule has 0 saturated carbocycles. The van der Waals surface area contributed by atoms with Crippen molar-refractivity contribution >= 4 is 5.97 Å². The van der Waals surface area contributed by atoms with Crippen molar-refractivity contribution in [3.05, 3.63) is 41.7 Å². The molecule has 2 rings (SSSR count). The Labute approximate surface area is 108 Å². The van der Waals surface area contributed by atoms with Gasteiger partial charge in [-0.1, -0.05) is 6.08 Å². The number of carbonyl (C=O) groups excluding carboxylic acids is 1. The minimum Gasteiger partial charge on any atom is -0.461 e. The first-order valence-electron chi connectivity index (χ1n) is 6.53. The van der Waals surface area contributed by atoms with Gasteiger partial charge < -0.3 is 4.74 Å². The molecule has 1 aliphatic rings. The molecule has 0 saturated heterocycles. The van der Waals surface area contributed by atoms with E-state index in [2.05, 4.69) is 11.6 Å². The van der Waals surface area contributed by atoms with Crippen molar-refractivity contribution in [3.63, 3.8) is 0 Å². The molecule has 0 aliphatic heterocycles. The predicted octanol–water partition coefficient (Wildman–Crippen LogP) is 3.25. The van der Waals surface area contributed by atoms with Crippen LogP contribution in [0.25, 0.3) is 0 Å². The summed E-state index contributed by atoms with van der Waals surface area (Å²) < 4.78 is 5.05. The third kappa shape index (κ3) is 2.45. The number of hydrogen-bond donors (Lipinski definition) is 0. The summed E-state index contributed by atoms with van der Waals surface area (Å²) in [6.45, 7) is 5.97. The first-order chi connectivity index (χ1) is 8.77. The smallest absolute Gasteiger partial charge is 0.357 e. The molecule has 0 amide bonds. The molecule has 96 valence electrons. The standard InChI is InChI=1S/C15H19NO2/c1-3-5-6-11-7-8-13-12(11)9-10-16-14(13)15(17)18-4-2/h3,9-11H,1,4-8H2,2H3/t11-/m1/s1.